The molecule has 0 bridgehead atoms. The van der Waals surface area contributed by atoms with Crippen molar-refractivity contribution in [1.82, 2.24) is 20.0 Å². The molecule has 2 heterocycles. The van der Waals surface area contributed by atoms with Crippen molar-refractivity contribution in [1.29, 1.82) is 0 Å². The highest BCUT2D eigenvalue weighted by Gasteiger charge is 2.18. The SMILES string of the molecule is Cc1cccc(-c2[nH]ncc2CN2CCN(CCO)CC2)c1. The Bertz CT molecular complexity index is 602. The Morgan fingerprint density at radius 1 is 1.18 bits per heavy atom. The van der Waals surface area contributed by atoms with Crippen LogP contribution in [0.1, 0.15) is 11.1 Å². The molecule has 2 N–H and O–H groups in total. The zero-order chi connectivity index (χ0) is 15.4. The lowest BCUT2D eigenvalue weighted by atomic mass is 10.1. The van der Waals surface area contributed by atoms with E-state index in [4.69, 9.17) is 5.11 Å². The molecule has 1 aromatic heterocycles. The van der Waals surface area contributed by atoms with Crippen molar-refractivity contribution in [3.05, 3.63) is 41.6 Å². The molecule has 1 aromatic carbocycles. The van der Waals surface area contributed by atoms with Gasteiger partial charge >= 0.3 is 0 Å². The molecule has 2 aromatic rings. The largest absolute Gasteiger partial charge is 0.395 e. The van der Waals surface area contributed by atoms with Gasteiger partial charge in [-0.2, -0.15) is 5.10 Å². The van der Waals surface area contributed by atoms with Crippen molar-refractivity contribution < 1.29 is 5.11 Å². The highest BCUT2D eigenvalue weighted by Crippen LogP contribution is 2.23. The van der Waals surface area contributed by atoms with E-state index in [1.54, 1.807) is 0 Å². The lowest BCUT2D eigenvalue weighted by Crippen LogP contribution is -2.46. The summed E-state index contributed by atoms with van der Waals surface area (Å²) in [5.41, 5.74) is 4.84. The summed E-state index contributed by atoms with van der Waals surface area (Å²) in [7, 11) is 0. The third kappa shape index (κ3) is 3.55. The average Bonchev–Trinajstić information content (AvgIpc) is 2.98. The van der Waals surface area contributed by atoms with Crippen LogP contribution >= 0.6 is 0 Å². The first-order valence-electron chi connectivity index (χ1n) is 7.91. The predicted molar refractivity (Wildman–Crippen MR) is 87.6 cm³/mol. The van der Waals surface area contributed by atoms with Crippen LogP contribution in [0.2, 0.25) is 0 Å². The number of benzene rings is 1. The molecule has 1 aliphatic heterocycles. The molecule has 1 saturated heterocycles. The van der Waals surface area contributed by atoms with Crippen molar-refractivity contribution in [2.24, 2.45) is 0 Å². The fourth-order valence-electron chi connectivity index (χ4n) is 3.03. The first-order chi connectivity index (χ1) is 10.8. The Morgan fingerprint density at radius 2 is 1.95 bits per heavy atom. The van der Waals surface area contributed by atoms with Crippen LogP contribution in [0.3, 0.4) is 0 Å². The van der Waals surface area contributed by atoms with Crippen LogP contribution in [0, 0.1) is 6.92 Å². The zero-order valence-corrected chi connectivity index (χ0v) is 13.1. The number of nitrogens with one attached hydrogen (secondary N) is 1. The molecule has 5 heteroatoms. The summed E-state index contributed by atoms with van der Waals surface area (Å²) in [6.45, 7) is 8.20. The molecule has 0 amide bonds. The van der Waals surface area contributed by atoms with E-state index >= 15 is 0 Å². The normalized spacial score (nSPS) is 17.0. The first kappa shape index (κ1) is 15.2. The average molecular weight is 300 g/mol. The number of aromatic amines is 1. The van der Waals surface area contributed by atoms with Gasteiger partial charge in [0.1, 0.15) is 0 Å². The van der Waals surface area contributed by atoms with Crippen molar-refractivity contribution in [2.45, 2.75) is 13.5 Å². The second-order valence-corrected chi connectivity index (χ2v) is 5.98. The summed E-state index contributed by atoms with van der Waals surface area (Å²) in [6, 6.07) is 8.52. The van der Waals surface area contributed by atoms with Crippen LogP contribution in [0.5, 0.6) is 0 Å². The number of aliphatic hydroxyl groups excluding tert-OH is 1. The monoisotopic (exact) mass is 300 g/mol. The number of β-amino-alcohol motifs (C(OH)–C–C–N with tert-alkyl or cyclic N) is 1. The topological polar surface area (TPSA) is 55.4 Å². The Kier molecular flexibility index (Phi) is 4.87. The number of rotatable bonds is 5. The summed E-state index contributed by atoms with van der Waals surface area (Å²) >= 11 is 0. The van der Waals surface area contributed by atoms with E-state index in [2.05, 4.69) is 51.2 Å². The summed E-state index contributed by atoms with van der Waals surface area (Å²) in [5, 5.41) is 16.4. The van der Waals surface area contributed by atoms with E-state index in [1.165, 1.54) is 16.7 Å². The molecule has 0 atom stereocenters. The number of H-pyrrole nitrogens is 1. The molecule has 22 heavy (non-hydrogen) atoms. The van der Waals surface area contributed by atoms with Crippen molar-refractivity contribution >= 4 is 0 Å². The van der Waals surface area contributed by atoms with E-state index in [1.807, 2.05) is 6.20 Å². The van der Waals surface area contributed by atoms with Crippen molar-refractivity contribution in [3.63, 3.8) is 0 Å². The number of piperazine rings is 1. The van der Waals surface area contributed by atoms with Gasteiger partial charge in [-0.15, -0.1) is 0 Å². The van der Waals surface area contributed by atoms with Crippen LogP contribution < -0.4 is 0 Å². The Morgan fingerprint density at radius 3 is 2.68 bits per heavy atom. The second kappa shape index (κ2) is 7.05. The molecule has 1 aliphatic rings. The van der Waals surface area contributed by atoms with E-state index in [0.717, 1.165) is 45.0 Å². The van der Waals surface area contributed by atoms with Crippen LogP contribution in [-0.2, 0) is 6.54 Å². The molecule has 0 aliphatic carbocycles. The van der Waals surface area contributed by atoms with Crippen LogP contribution in [0.25, 0.3) is 11.3 Å². The molecule has 0 spiro atoms. The fraction of sp³-hybridized carbons (Fsp3) is 0.471. The molecule has 118 valence electrons. The van der Waals surface area contributed by atoms with Crippen LogP contribution in [-0.4, -0.2) is 64.4 Å². The van der Waals surface area contributed by atoms with Gasteiger partial charge in [-0.3, -0.25) is 14.9 Å². The summed E-state index contributed by atoms with van der Waals surface area (Å²) < 4.78 is 0. The maximum absolute atomic E-state index is 9.01. The number of hydrogen-bond acceptors (Lipinski definition) is 4. The zero-order valence-electron chi connectivity index (χ0n) is 13.1. The van der Waals surface area contributed by atoms with Crippen molar-refractivity contribution in [3.8, 4) is 11.3 Å². The second-order valence-electron chi connectivity index (χ2n) is 5.98. The Balaban J connectivity index is 1.66. The van der Waals surface area contributed by atoms with Gasteiger partial charge in [0, 0.05) is 50.4 Å². The van der Waals surface area contributed by atoms with Gasteiger partial charge in [-0.25, -0.2) is 0 Å². The Hall–Kier alpha value is -1.69. The number of hydrogen-bond donors (Lipinski definition) is 2. The quantitative estimate of drug-likeness (QED) is 0.878. The number of aliphatic hydroxyl groups is 1. The Labute approximate surface area is 131 Å². The summed E-state index contributed by atoms with van der Waals surface area (Å²) in [4.78, 5) is 4.77. The smallest absolute Gasteiger partial charge is 0.0695 e. The molecular weight excluding hydrogens is 276 g/mol. The standard InChI is InChI=1S/C17H24N4O/c1-14-3-2-4-15(11-14)17-16(12-18-19-17)13-21-7-5-20(6-8-21)9-10-22/h2-4,11-12,22H,5-10,13H2,1H3,(H,18,19). The highest BCUT2D eigenvalue weighted by atomic mass is 16.3. The molecule has 1 fully saturated rings. The van der Waals surface area contributed by atoms with Gasteiger partial charge < -0.3 is 5.11 Å². The van der Waals surface area contributed by atoms with E-state index in [9.17, 15) is 0 Å². The molecule has 5 nitrogen and oxygen atoms in total. The third-order valence-corrected chi connectivity index (χ3v) is 4.30. The minimum atomic E-state index is 0.249. The molecule has 3 rings (SSSR count). The molecule has 0 saturated carbocycles. The molecule has 0 radical (unpaired) electrons. The van der Waals surface area contributed by atoms with E-state index in [0.29, 0.717) is 0 Å². The minimum Gasteiger partial charge on any atom is -0.395 e. The molecular formula is C17H24N4O. The fourth-order valence-corrected chi connectivity index (χ4v) is 3.03. The minimum absolute atomic E-state index is 0.249. The lowest BCUT2D eigenvalue weighted by molar-refractivity contribution is 0.108. The summed E-state index contributed by atoms with van der Waals surface area (Å²) in [6.07, 6.45) is 1.94. The van der Waals surface area contributed by atoms with E-state index in [-0.39, 0.29) is 6.61 Å². The van der Waals surface area contributed by atoms with Gasteiger partial charge in [-0.05, 0) is 13.0 Å². The first-order valence-corrected chi connectivity index (χ1v) is 7.91. The number of aryl methyl sites for hydroxylation is 1. The van der Waals surface area contributed by atoms with Crippen LogP contribution in [0.15, 0.2) is 30.5 Å². The maximum Gasteiger partial charge on any atom is 0.0695 e. The predicted octanol–water partition coefficient (Wildman–Crippen LogP) is 1.50. The van der Waals surface area contributed by atoms with E-state index < -0.39 is 0 Å². The number of aromatic nitrogens is 2. The third-order valence-electron chi connectivity index (χ3n) is 4.30. The van der Waals surface area contributed by atoms with Crippen LogP contribution in [0.4, 0.5) is 0 Å². The van der Waals surface area contributed by atoms with Gasteiger partial charge in [0.05, 0.1) is 18.5 Å². The number of nitrogens with zero attached hydrogens (tertiary/aromatic N) is 3. The van der Waals surface area contributed by atoms with Gasteiger partial charge in [-0.1, -0.05) is 23.8 Å². The lowest BCUT2D eigenvalue weighted by Gasteiger charge is -2.34. The highest BCUT2D eigenvalue weighted by molar-refractivity contribution is 5.63. The summed E-state index contributed by atoms with van der Waals surface area (Å²) in [5.74, 6) is 0. The van der Waals surface area contributed by atoms with Gasteiger partial charge in [0.15, 0.2) is 0 Å². The molecule has 0 unspecified atom stereocenters. The maximum atomic E-state index is 9.01. The van der Waals surface area contributed by atoms with Crippen molar-refractivity contribution in [2.75, 3.05) is 39.3 Å². The van der Waals surface area contributed by atoms with Gasteiger partial charge in [0.25, 0.3) is 0 Å². The van der Waals surface area contributed by atoms with Gasteiger partial charge in [0.2, 0.25) is 0 Å².